The van der Waals surface area contributed by atoms with Crippen molar-refractivity contribution in [3.8, 4) is 0 Å². The molecule has 0 saturated carbocycles. The third-order valence-corrected chi connectivity index (χ3v) is 4.01. The van der Waals surface area contributed by atoms with Crippen LogP contribution in [-0.2, 0) is 13.1 Å². The van der Waals surface area contributed by atoms with Crippen molar-refractivity contribution in [3.63, 3.8) is 0 Å². The highest BCUT2D eigenvalue weighted by Gasteiger charge is 2.26. The van der Waals surface area contributed by atoms with Gasteiger partial charge in [0, 0.05) is 31.7 Å². The van der Waals surface area contributed by atoms with Crippen molar-refractivity contribution in [3.05, 3.63) is 12.2 Å². The van der Waals surface area contributed by atoms with Crippen LogP contribution in [0.25, 0.3) is 0 Å². The van der Waals surface area contributed by atoms with E-state index in [0.29, 0.717) is 12.1 Å². The van der Waals surface area contributed by atoms with Crippen molar-refractivity contribution in [1.29, 1.82) is 0 Å². The first-order valence-corrected chi connectivity index (χ1v) is 7.94. The number of nitrogens with zero attached hydrogens (tertiary/aromatic N) is 4. The van der Waals surface area contributed by atoms with Gasteiger partial charge in [-0.15, -0.1) is 0 Å². The number of piperazine rings is 1. The summed E-state index contributed by atoms with van der Waals surface area (Å²) in [6, 6.07) is 1.17. The molecule has 0 spiro atoms. The molecule has 2 unspecified atom stereocenters. The first-order chi connectivity index (χ1) is 9.60. The minimum atomic E-state index is 0.560. The molecular formula is C15H29N5. The van der Waals surface area contributed by atoms with Crippen molar-refractivity contribution in [2.75, 3.05) is 13.1 Å². The van der Waals surface area contributed by atoms with Crippen molar-refractivity contribution in [2.45, 2.75) is 65.7 Å². The van der Waals surface area contributed by atoms with Crippen LogP contribution in [0.5, 0.6) is 0 Å². The highest BCUT2D eigenvalue weighted by Crippen LogP contribution is 2.15. The Morgan fingerprint density at radius 3 is 2.95 bits per heavy atom. The maximum absolute atomic E-state index is 4.44. The molecule has 114 valence electrons. The molecule has 1 aliphatic heterocycles. The molecule has 1 aliphatic rings. The molecule has 1 aromatic heterocycles. The second kappa shape index (κ2) is 7.18. The van der Waals surface area contributed by atoms with E-state index >= 15 is 0 Å². The van der Waals surface area contributed by atoms with Crippen LogP contribution in [0.15, 0.2) is 6.33 Å². The summed E-state index contributed by atoms with van der Waals surface area (Å²) in [6.07, 6.45) is 4.03. The van der Waals surface area contributed by atoms with Crippen LogP contribution in [-0.4, -0.2) is 44.8 Å². The molecule has 1 aromatic rings. The Kier molecular flexibility index (Phi) is 5.54. The molecule has 5 heteroatoms. The molecule has 5 nitrogen and oxygen atoms in total. The van der Waals surface area contributed by atoms with Crippen LogP contribution in [0.3, 0.4) is 0 Å². The molecule has 0 aliphatic carbocycles. The minimum Gasteiger partial charge on any atom is -0.311 e. The van der Waals surface area contributed by atoms with E-state index in [9.17, 15) is 0 Å². The topological polar surface area (TPSA) is 46.0 Å². The van der Waals surface area contributed by atoms with Crippen LogP contribution in [0.4, 0.5) is 0 Å². The predicted octanol–water partition coefficient (Wildman–Crippen LogP) is 1.90. The van der Waals surface area contributed by atoms with Gasteiger partial charge in [0.1, 0.15) is 12.2 Å². The zero-order chi connectivity index (χ0) is 14.5. The Labute approximate surface area is 122 Å². The zero-order valence-electron chi connectivity index (χ0n) is 13.3. The van der Waals surface area contributed by atoms with Gasteiger partial charge in [-0.05, 0) is 25.7 Å². The summed E-state index contributed by atoms with van der Waals surface area (Å²) in [5, 5.41) is 7.99. The molecule has 1 fully saturated rings. The number of nitrogens with one attached hydrogen (secondary N) is 1. The standard InChI is InChI=1S/C15H29N5/c1-5-6-20-15(17-11-18-20)10-19-9-14(7-12(2)3)16-8-13(19)4/h11-14,16H,5-10H2,1-4H3. The first-order valence-electron chi connectivity index (χ1n) is 7.94. The van der Waals surface area contributed by atoms with Gasteiger partial charge in [-0.25, -0.2) is 9.67 Å². The first kappa shape index (κ1) is 15.4. The van der Waals surface area contributed by atoms with E-state index < -0.39 is 0 Å². The summed E-state index contributed by atoms with van der Waals surface area (Å²) in [7, 11) is 0. The second-order valence-corrected chi connectivity index (χ2v) is 6.41. The normalized spacial score (nSPS) is 24.4. The smallest absolute Gasteiger partial charge is 0.141 e. The van der Waals surface area contributed by atoms with Gasteiger partial charge < -0.3 is 5.32 Å². The Morgan fingerprint density at radius 1 is 1.45 bits per heavy atom. The zero-order valence-corrected chi connectivity index (χ0v) is 13.3. The molecule has 1 saturated heterocycles. The fraction of sp³-hybridized carbons (Fsp3) is 0.867. The maximum Gasteiger partial charge on any atom is 0.141 e. The Bertz CT molecular complexity index is 401. The summed E-state index contributed by atoms with van der Waals surface area (Å²) in [5.74, 6) is 1.84. The van der Waals surface area contributed by atoms with Gasteiger partial charge in [-0.2, -0.15) is 5.10 Å². The maximum atomic E-state index is 4.44. The van der Waals surface area contributed by atoms with Crippen LogP contribution in [0.1, 0.15) is 46.4 Å². The monoisotopic (exact) mass is 279 g/mol. The lowest BCUT2D eigenvalue weighted by atomic mass is 10.00. The number of aryl methyl sites for hydroxylation is 1. The van der Waals surface area contributed by atoms with E-state index in [1.807, 2.05) is 4.68 Å². The number of hydrogen-bond acceptors (Lipinski definition) is 4. The van der Waals surface area contributed by atoms with E-state index in [4.69, 9.17) is 0 Å². The van der Waals surface area contributed by atoms with Gasteiger partial charge in [0.2, 0.25) is 0 Å². The van der Waals surface area contributed by atoms with Crippen molar-refractivity contribution >= 4 is 0 Å². The summed E-state index contributed by atoms with van der Waals surface area (Å²) in [5.41, 5.74) is 0. The lowest BCUT2D eigenvalue weighted by molar-refractivity contribution is 0.120. The van der Waals surface area contributed by atoms with Gasteiger partial charge in [0.05, 0.1) is 6.54 Å². The number of hydrogen-bond donors (Lipinski definition) is 1. The summed E-state index contributed by atoms with van der Waals surface area (Å²) < 4.78 is 2.05. The highest BCUT2D eigenvalue weighted by atomic mass is 15.4. The molecule has 0 amide bonds. The largest absolute Gasteiger partial charge is 0.311 e. The lowest BCUT2D eigenvalue weighted by Crippen LogP contribution is -2.55. The molecule has 1 N–H and O–H groups in total. The third-order valence-electron chi connectivity index (χ3n) is 4.01. The molecule has 0 radical (unpaired) electrons. The van der Waals surface area contributed by atoms with E-state index in [-0.39, 0.29) is 0 Å². The fourth-order valence-electron chi connectivity index (χ4n) is 2.93. The highest BCUT2D eigenvalue weighted by molar-refractivity contribution is 4.90. The van der Waals surface area contributed by atoms with Gasteiger partial charge in [-0.3, -0.25) is 4.90 Å². The van der Waals surface area contributed by atoms with Crippen LogP contribution >= 0.6 is 0 Å². The van der Waals surface area contributed by atoms with Gasteiger partial charge >= 0.3 is 0 Å². The molecule has 2 atom stereocenters. The van der Waals surface area contributed by atoms with E-state index in [1.54, 1.807) is 6.33 Å². The summed E-state index contributed by atoms with van der Waals surface area (Å²) in [6.45, 7) is 13.1. The average Bonchev–Trinajstić information content (AvgIpc) is 2.81. The SMILES string of the molecule is CCCn1ncnc1CN1CC(CC(C)C)NCC1C. The quantitative estimate of drug-likeness (QED) is 0.864. The van der Waals surface area contributed by atoms with Gasteiger partial charge in [0.15, 0.2) is 0 Å². The Morgan fingerprint density at radius 2 is 2.25 bits per heavy atom. The van der Waals surface area contributed by atoms with Gasteiger partial charge in [-0.1, -0.05) is 20.8 Å². The van der Waals surface area contributed by atoms with E-state index in [1.165, 1.54) is 6.42 Å². The van der Waals surface area contributed by atoms with Crippen molar-refractivity contribution in [1.82, 2.24) is 25.0 Å². The third kappa shape index (κ3) is 4.03. The average molecular weight is 279 g/mol. The molecule has 2 heterocycles. The van der Waals surface area contributed by atoms with Crippen molar-refractivity contribution in [2.24, 2.45) is 5.92 Å². The number of aromatic nitrogens is 3. The lowest BCUT2D eigenvalue weighted by Gasteiger charge is -2.39. The molecule has 0 bridgehead atoms. The summed E-state index contributed by atoms with van der Waals surface area (Å²) >= 11 is 0. The van der Waals surface area contributed by atoms with Gasteiger partial charge in [0.25, 0.3) is 0 Å². The fourth-order valence-corrected chi connectivity index (χ4v) is 2.93. The molecular weight excluding hydrogens is 250 g/mol. The van der Waals surface area contributed by atoms with Crippen LogP contribution in [0.2, 0.25) is 0 Å². The summed E-state index contributed by atoms with van der Waals surface area (Å²) in [4.78, 5) is 6.98. The molecule has 2 rings (SSSR count). The second-order valence-electron chi connectivity index (χ2n) is 6.41. The molecule has 20 heavy (non-hydrogen) atoms. The van der Waals surface area contributed by atoms with E-state index in [0.717, 1.165) is 44.3 Å². The number of rotatable bonds is 6. The van der Waals surface area contributed by atoms with Crippen LogP contribution < -0.4 is 5.32 Å². The van der Waals surface area contributed by atoms with Crippen LogP contribution in [0, 0.1) is 5.92 Å². The predicted molar refractivity (Wildman–Crippen MR) is 81.4 cm³/mol. The molecule has 0 aromatic carbocycles. The minimum absolute atomic E-state index is 0.560. The van der Waals surface area contributed by atoms with Crippen molar-refractivity contribution < 1.29 is 0 Å². The Hall–Kier alpha value is -0.940. The van der Waals surface area contributed by atoms with E-state index in [2.05, 4.69) is 48.0 Å². The Balaban J connectivity index is 1.97.